The van der Waals surface area contributed by atoms with Gasteiger partial charge in [-0.15, -0.1) is 0 Å². The normalized spacial score (nSPS) is 20.7. The van der Waals surface area contributed by atoms with Crippen molar-refractivity contribution in [3.05, 3.63) is 30.6 Å². The first-order valence-corrected chi connectivity index (χ1v) is 7.34. The average molecular weight is 317 g/mol. The first kappa shape index (κ1) is 15.4. The smallest absolute Gasteiger partial charge is 0.321 e. The van der Waals surface area contributed by atoms with Crippen molar-refractivity contribution in [2.75, 3.05) is 25.0 Å². The number of aromatic nitrogens is 3. The number of aliphatic hydroxyl groups excluding tert-OH is 1. The molecule has 8 nitrogen and oxygen atoms in total. The molecule has 0 spiro atoms. The number of hydrogen-bond donors (Lipinski definition) is 3. The quantitative estimate of drug-likeness (QED) is 0.762. The number of β-amino-alcohol motifs (C(OH)–C–C–N with tert-alkyl or cyclic N) is 1. The molecule has 3 rings (SSSR count). The van der Waals surface area contributed by atoms with E-state index in [1.165, 1.54) is 4.90 Å². The van der Waals surface area contributed by atoms with Gasteiger partial charge in [0, 0.05) is 24.8 Å². The molecular weight excluding hydrogens is 298 g/mol. The largest absolute Gasteiger partial charge is 0.393 e. The van der Waals surface area contributed by atoms with Crippen molar-refractivity contribution in [3.8, 4) is 11.4 Å². The molecule has 1 aliphatic rings. The van der Waals surface area contributed by atoms with Crippen LogP contribution < -0.4 is 5.32 Å². The number of rotatable bonds is 3. The molecule has 0 saturated carbocycles. The number of hydrogen-bond acceptors (Lipinski definition) is 5. The Morgan fingerprint density at radius 1 is 1.39 bits per heavy atom. The van der Waals surface area contributed by atoms with Crippen molar-refractivity contribution in [2.24, 2.45) is 7.05 Å². The van der Waals surface area contributed by atoms with Crippen LogP contribution in [-0.4, -0.2) is 61.2 Å². The molecule has 1 aliphatic heterocycles. The maximum Gasteiger partial charge on any atom is 0.321 e. The summed E-state index contributed by atoms with van der Waals surface area (Å²) in [4.78, 5) is 17.8. The van der Waals surface area contributed by atoms with Crippen LogP contribution in [0.5, 0.6) is 0 Å². The van der Waals surface area contributed by atoms with Gasteiger partial charge >= 0.3 is 6.03 Å². The fraction of sp³-hybridized carbons (Fsp3) is 0.400. The molecule has 0 radical (unpaired) electrons. The molecule has 1 saturated heterocycles. The summed E-state index contributed by atoms with van der Waals surface area (Å²) in [5.74, 6) is 0.623. The Balaban J connectivity index is 1.63. The van der Waals surface area contributed by atoms with E-state index in [1.807, 2.05) is 12.1 Å². The second-order valence-electron chi connectivity index (χ2n) is 5.80. The lowest BCUT2D eigenvalue weighted by Crippen LogP contribution is -2.40. The third kappa shape index (κ3) is 3.33. The van der Waals surface area contributed by atoms with Gasteiger partial charge in [-0.2, -0.15) is 5.10 Å². The van der Waals surface area contributed by atoms with Gasteiger partial charge < -0.3 is 20.4 Å². The predicted molar refractivity (Wildman–Crippen MR) is 83.7 cm³/mol. The number of nitrogens with zero attached hydrogens (tertiary/aromatic N) is 4. The average Bonchev–Trinajstić information content (AvgIpc) is 3.15. The summed E-state index contributed by atoms with van der Waals surface area (Å²) in [6, 6.07) is 6.92. The monoisotopic (exact) mass is 317 g/mol. The molecule has 8 heteroatoms. The first-order chi connectivity index (χ1) is 11.0. The summed E-state index contributed by atoms with van der Waals surface area (Å²) in [6.45, 7) is 0.201. The van der Waals surface area contributed by atoms with Crippen LogP contribution in [0.2, 0.25) is 0 Å². The minimum atomic E-state index is -1.19. The molecule has 2 amide bonds. The zero-order chi connectivity index (χ0) is 16.4. The lowest BCUT2D eigenvalue weighted by Gasteiger charge is -2.21. The van der Waals surface area contributed by atoms with Crippen molar-refractivity contribution in [1.29, 1.82) is 0 Å². The van der Waals surface area contributed by atoms with Gasteiger partial charge in [-0.1, -0.05) is 0 Å². The third-order valence-electron chi connectivity index (χ3n) is 3.91. The molecule has 1 aromatic heterocycles. The Morgan fingerprint density at radius 2 is 2.13 bits per heavy atom. The van der Waals surface area contributed by atoms with E-state index >= 15 is 0 Å². The maximum absolute atomic E-state index is 12.2. The molecule has 3 N–H and O–H groups in total. The van der Waals surface area contributed by atoms with Gasteiger partial charge in [0.25, 0.3) is 0 Å². The number of carbonyl (C=O) groups excluding carboxylic acids is 1. The Labute approximate surface area is 133 Å². The second kappa shape index (κ2) is 5.98. The molecular formula is C15H19N5O3. The van der Waals surface area contributed by atoms with Gasteiger partial charge in [0.15, 0.2) is 5.82 Å². The van der Waals surface area contributed by atoms with Crippen LogP contribution in [0.3, 0.4) is 0 Å². The number of urea groups is 1. The molecule has 1 atom stereocenters. The van der Waals surface area contributed by atoms with Gasteiger partial charge in [0.2, 0.25) is 0 Å². The second-order valence-corrected chi connectivity index (χ2v) is 5.80. The van der Waals surface area contributed by atoms with E-state index in [-0.39, 0.29) is 19.2 Å². The topological polar surface area (TPSA) is 104 Å². The highest BCUT2D eigenvalue weighted by Crippen LogP contribution is 2.22. The SMILES string of the molecule is Cn1cnc(-c2ccc(NC(=O)N3CCC(O)(CO)C3)cc2)n1. The lowest BCUT2D eigenvalue weighted by atomic mass is 10.1. The molecule has 1 fully saturated rings. The van der Waals surface area contributed by atoms with Crippen LogP contribution in [0.15, 0.2) is 30.6 Å². The fourth-order valence-corrected chi connectivity index (χ4v) is 2.54. The van der Waals surface area contributed by atoms with Crippen molar-refractivity contribution in [2.45, 2.75) is 12.0 Å². The standard InChI is InChI=1S/C15H19N5O3/c1-19-10-16-13(18-19)11-2-4-12(5-3-11)17-14(22)20-7-6-15(23,8-20)9-21/h2-5,10,21,23H,6-9H2,1H3,(H,17,22). The molecule has 0 aliphatic carbocycles. The molecule has 23 heavy (non-hydrogen) atoms. The number of nitrogens with one attached hydrogen (secondary N) is 1. The van der Waals surface area contributed by atoms with Crippen LogP contribution in [0.4, 0.5) is 10.5 Å². The van der Waals surface area contributed by atoms with E-state index in [1.54, 1.807) is 30.2 Å². The molecule has 122 valence electrons. The Morgan fingerprint density at radius 3 is 2.70 bits per heavy atom. The zero-order valence-corrected chi connectivity index (χ0v) is 12.8. The number of benzene rings is 1. The summed E-state index contributed by atoms with van der Waals surface area (Å²) in [7, 11) is 1.80. The first-order valence-electron chi connectivity index (χ1n) is 7.34. The predicted octanol–water partition coefficient (Wildman–Crippen LogP) is 0.443. The molecule has 1 aromatic carbocycles. The van der Waals surface area contributed by atoms with Gasteiger partial charge in [-0.05, 0) is 30.7 Å². The summed E-state index contributed by atoms with van der Waals surface area (Å²) in [6.07, 6.45) is 2.00. The van der Waals surface area contributed by atoms with Gasteiger partial charge in [-0.25, -0.2) is 9.78 Å². The Kier molecular flexibility index (Phi) is 4.01. The van der Waals surface area contributed by atoms with Crippen LogP contribution in [0.1, 0.15) is 6.42 Å². The van der Waals surface area contributed by atoms with E-state index < -0.39 is 5.60 Å². The van der Waals surface area contributed by atoms with Gasteiger partial charge in [0.05, 0.1) is 13.2 Å². The van der Waals surface area contributed by atoms with Crippen LogP contribution in [0.25, 0.3) is 11.4 Å². The van der Waals surface area contributed by atoms with Crippen molar-refractivity contribution >= 4 is 11.7 Å². The zero-order valence-electron chi connectivity index (χ0n) is 12.8. The highest BCUT2D eigenvalue weighted by Gasteiger charge is 2.37. The van der Waals surface area contributed by atoms with Gasteiger partial charge in [-0.3, -0.25) is 4.68 Å². The lowest BCUT2D eigenvalue weighted by molar-refractivity contribution is -0.00246. The molecule has 1 unspecified atom stereocenters. The van der Waals surface area contributed by atoms with Crippen molar-refractivity contribution in [1.82, 2.24) is 19.7 Å². The summed E-state index contributed by atoms with van der Waals surface area (Å²) in [5, 5.41) is 26.1. The summed E-state index contributed by atoms with van der Waals surface area (Å²) in [5.41, 5.74) is 0.319. The van der Waals surface area contributed by atoms with Crippen molar-refractivity contribution in [3.63, 3.8) is 0 Å². The van der Waals surface area contributed by atoms with Crippen LogP contribution in [0, 0.1) is 0 Å². The van der Waals surface area contributed by atoms with E-state index in [0.29, 0.717) is 24.5 Å². The molecule has 2 heterocycles. The number of aryl methyl sites for hydroxylation is 1. The summed E-state index contributed by atoms with van der Waals surface area (Å²) < 4.78 is 1.63. The van der Waals surface area contributed by atoms with Crippen LogP contribution >= 0.6 is 0 Å². The van der Waals surface area contributed by atoms with E-state index in [4.69, 9.17) is 5.11 Å². The fourth-order valence-electron chi connectivity index (χ4n) is 2.54. The highest BCUT2D eigenvalue weighted by molar-refractivity contribution is 5.89. The highest BCUT2D eigenvalue weighted by atomic mass is 16.3. The minimum absolute atomic E-state index is 0.130. The maximum atomic E-state index is 12.2. The third-order valence-corrected chi connectivity index (χ3v) is 3.91. The Bertz CT molecular complexity index is 699. The van der Waals surface area contributed by atoms with Crippen molar-refractivity contribution < 1.29 is 15.0 Å². The van der Waals surface area contributed by atoms with Gasteiger partial charge in [0.1, 0.15) is 11.9 Å². The number of amides is 2. The molecule has 2 aromatic rings. The Hall–Kier alpha value is -2.45. The molecule has 0 bridgehead atoms. The van der Waals surface area contributed by atoms with Crippen LogP contribution in [-0.2, 0) is 7.05 Å². The number of likely N-dealkylation sites (tertiary alicyclic amines) is 1. The minimum Gasteiger partial charge on any atom is -0.393 e. The summed E-state index contributed by atoms with van der Waals surface area (Å²) >= 11 is 0. The number of anilines is 1. The van der Waals surface area contributed by atoms with E-state index in [0.717, 1.165) is 5.56 Å². The van der Waals surface area contributed by atoms with E-state index in [9.17, 15) is 9.90 Å². The van der Waals surface area contributed by atoms with E-state index in [2.05, 4.69) is 15.4 Å². The number of carbonyl (C=O) groups is 1. The number of aliphatic hydroxyl groups is 2.